The molecule has 1 aromatic rings. The topological polar surface area (TPSA) is 34.2 Å². The lowest BCUT2D eigenvalue weighted by atomic mass is 10.1. The van der Waals surface area contributed by atoms with Gasteiger partial charge in [-0.25, -0.2) is 0 Å². The summed E-state index contributed by atoms with van der Waals surface area (Å²) >= 11 is 0. The molecule has 0 aliphatic heterocycles. The lowest BCUT2D eigenvalue weighted by molar-refractivity contribution is 0.111. The van der Waals surface area contributed by atoms with E-state index in [4.69, 9.17) is 4.74 Å². The Bertz CT molecular complexity index is 313. The van der Waals surface area contributed by atoms with E-state index >= 15 is 0 Å². The first-order valence-electron chi connectivity index (χ1n) is 6.45. The Balaban J connectivity index is 2.17. The third kappa shape index (κ3) is 5.80. The average Bonchev–Trinajstić information content (AvgIpc) is 2.33. The maximum absolute atomic E-state index is 5.51. The van der Waals surface area contributed by atoms with Crippen molar-refractivity contribution in [3.63, 3.8) is 0 Å². The molecule has 0 amide bonds. The number of aryl methyl sites for hydroxylation is 1. The van der Waals surface area contributed by atoms with Crippen molar-refractivity contribution < 1.29 is 4.74 Å². The predicted molar refractivity (Wildman–Crippen MR) is 71.0 cm³/mol. The van der Waals surface area contributed by atoms with Gasteiger partial charge in [-0.3, -0.25) is 4.98 Å². The largest absolute Gasteiger partial charge is 0.380 e. The molecule has 3 nitrogen and oxygen atoms in total. The predicted octanol–water partition coefficient (Wildman–Crippen LogP) is 2.41. The van der Waals surface area contributed by atoms with Gasteiger partial charge in [0.05, 0.1) is 12.3 Å². The van der Waals surface area contributed by atoms with Gasteiger partial charge in [0.25, 0.3) is 0 Å². The molecular weight excluding hydrogens is 212 g/mol. The van der Waals surface area contributed by atoms with Crippen LogP contribution in [0.15, 0.2) is 18.3 Å². The van der Waals surface area contributed by atoms with Crippen LogP contribution in [0.5, 0.6) is 0 Å². The molecule has 0 fully saturated rings. The van der Waals surface area contributed by atoms with E-state index in [-0.39, 0.29) is 0 Å². The summed E-state index contributed by atoms with van der Waals surface area (Å²) in [7, 11) is 0. The van der Waals surface area contributed by atoms with Crippen LogP contribution < -0.4 is 5.32 Å². The smallest absolute Gasteiger partial charge is 0.0591 e. The van der Waals surface area contributed by atoms with Gasteiger partial charge in [-0.15, -0.1) is 0 Å². The SMILES string of the molecule is CCc1cccnc1CNCCOCC(C)C. The Labute approximate surface area is 105 Å². The Hall–Kier alpha value is -0.930. The number of hydrogen-bond acceptors (Lipinski definition) is 3. The summed E-state index contributed by atoms with van der Waals surface area (Å²) in [6.07, 6.45) is 2.89. The molecule has 17 heavy (non-hydrogen) atoms. The molecule has 0 aliphatic rings. The van der Waals surface area contributed by atoms with Crippen LogP contribution in [0.2, 0.25) is 0 Å². The van der Waals surface area contributed by atoms with E-state index in [1.165, 1.54) is 5.56 Å². The standard InChI is InChI=1S/C14H24N2O/c1-4-13-6-5-7-16-14(13)10-15-8-9-17-11-12(2)3/h5-7,12,15H,4,8-11H2,1-3H3. The highest BCUT2D eigenvalue weighted by atomic mass is 16.5. The molecule has 0 unspecified atom stereocenters. The zero-order valence-corrected chi connectivity index (χ0v) is 11.2. The third-order valence-corrected chi connectivity index (χ3v) is 2.53. The molecule has 1 aromatic heterocycles. The maximum Gasteiger partial charge on any atom is 0.0591 e. The number of pyridine rings is 1. The minimum absolute atomic E-state index is 0.609. The molecule has 96 valence electrons. The molecule has 3 heteroatoms. The molecule has 0 spiro atoms. The van der Waals surface area contributed by atoms with Gasteiger partial charge >= 0.3 is 0 Å². The lowest BCUT2D eigenvalue weighted by Gasteiger charge is -2.09. The molecule has 1 N–H and O–H groups in total. The van der Waals surface area contributed by atoms with Gasteiger partial charge in [0, 0.05) is 25.9 Å². The first-order chi connectivity index (χ1) is 8.24. The van der Waals surface area contributed by atoms with Crippen molar-refractivity contribution in [2.75, 3.05) is 19.8 Å². The second-order valence-corrected chi connectivity index (χ2v) is 4.61. The van der Waals surface area contributed by atoms with Crippen LogP contribution in [-0.2, 0) is 17.7 Å². The van der Waals surface area contributed by atoms with Crippen LogP contribution >= 0.6 is 0 Å². The van der Waals surface area contributed by atoms with Gasteiger partial charge in [-0.1, -0.05) is 26.8 Å². The number of hydrogen-bond donors (Lipinski definition) is 1. The highest BCUT2D eigenvalue weighted by Crippen LogP contribution is 2.05. The van der Waals surface area contributed by atoms with Crippen LogP contribution in [0.3, 0.4) is 0 Å². The van der Waals surface area contributed by atoms with Crippen LogP contribution in [0.4, 0.5) is 0 Å². The number of nitrogens with zero attached hydrogens (tertiary/aromatic N) is 1. The fourth-order valence-corrected chi connectivity index (χ4v) is 1.62. The van der Waals surface area contributed by atoms with Gasteiger partial charge in [0.2, 0.25) is 0 Å². The summed E-state index contributed by atoms with van der Waals surface area (Å²) in [6.45, 7) is 9.80. The fraction of sp³-hybridized carbons (Fsp3) is 0.643. The molecule has 1 heterocycles. The van der Waals surface area contributed by atoms with E-state index in [1.807, 2.05) is 12.3 Å². The van der Waals surface area contributed by atoms with E-state index < -0.39 is 0 Å². The average molecular weight is 236 g/mol. The number of ether oxygens (including phenoxy) is 1. The van der Waals surface area contributed by atoms with Gasteiger partial charge in [0.15, 0.2) is 0 Å². The minimum atomic E-state index is 0.609. The molecule has 0 bridgehead atoms. The molecule has 0 saturated heterocycles. The summed E-state index contributed by atoms with van der Waals surface area (Å²) in [6, 6.07) is 4.13. The van der Waals surface area contributed by atoms with Crippen LogP contribution in [0.1, 0.15) is 32.0 Å². The minimum Gasteiger partial charge on any atom is -0.380 e. The molecule has 1 rings (SSSR count). The highest BCUT2D eigenvalue weighted by Gasteiger charge is 2.00. The van der Waals surface area contributed by atoms with Crippen LogP contribution in [0.25, 0.3) is 0 Å². The summed E-state index contributed by atoms with van der Waals surface area (Å²) in [5.74, 6) is 0.609. The zero-order chi connectivity index (χ0) is 12.5. The van der Waals surface area contributed by atoms with Crippen molar-refractivity contribution in [2.24, 2.45) is 5.92 Å². The first-order valence-corrected chi connectivity index (χ1v) is 6.45. The van der Waals surface area contributed by atoms with Gasteiger partial charge in [-0.2, -0.15) is 0 Å². The quantitative estimate of drug-likeness (QED) is 0.704. The van der Waals surface area contributed by atoms with Crippen LogP contribution in [-0.4, -0.2) is 24.7 Å². The zero-order valence-electron chi connectivity index (χ0n) is 11.2. The lowest BCUT2D eigenvalue weighted by Crippen LogP contribution is -2.21. The third-order valence-electron chi connectivity index (χ3n) is 2.53. The number of aromatic nitrogens is 1. The normalized spacial score (nSPS) is 11.1. The Morgan fingerprint density at radius 2 is 2.24 bits per heavy atom. The molecule has 0 aromatic carbocycles. The number of nitrogens with one attached hydrogen (secondary N) is 1. The molecule has 0 aliphatic carbocycles. The summed E-state index contributed by atoms with van der Waals surface area (Å²) in [5, 5.41) is 3.36. The summed E-state index contributed by atoms with van der Waals surface area (Å²) < 4.78 is 5.51. The van der Waals surface area contributed by atoms with Crippen molar-refractivity contribution in [1.82, 2.24) is 10.3 Å². The van der Waals surface area contributed by atoms with E-state index in [1.54, 1.807) is 0 Å². The van der Waals surface area contributed by atoms with Gasteiger partial charge in [0.1, 0.15) is 0 Å². The van der Waals surface area contributed by atoms with Gasteiger partial charge in [-0.05, 0) is 24.0 Å². The molecule has 0 atom stereocenters. The first kappa shape index (κ1) is 14.1. The van der Waals surface area contributed by atoms with E-state index in [9.17, 15) is 0 Å². The molecule has 0 radical (unpaired) electrons. The monoisotopic (exact) mass is 236 g/mol. The van der Waals surface area contributed by atoms with Crippen LogP contribution in [0, 0.1) is 5.92 Å². The summed E-state index contributed by atoms with van der Waals surface area (Å²) in [4.78, 5) is 4.39. The fourth-order valence-electron chi connectivity index (χ4n) is 1.62. The maximum atomic E-state index is 5.51. The second kappa shape index (κ2) is 8.20. The van der Waals surface area contributed by atoms with Crippen molar-refractivity contribution in [1.29, 1.82) is 0 Å². The van der Waals surface area contributed by atoms with Crippen molar-refractivity contribution in [2.45, 2.75) is 33.7 Å². The number of rotatable bonds is 8. The van der Waals surface area contributed by atoms with Crippen molar-refractivity contribution in [3.05, 3.63) is 29.6 Å². The van der Waals surface area contributed by atoms with Gasteiger partial charge < -0.3 is 10.1 Å². The Kier molecular flexibility index (Phi) is 6.82. The second-order valence-electron chi connectivity index (χ2n) is 4.61. The Morgan fingerprint density at radius 3 is 2.94 bits per heavy atom. The molecule has 0 saturated carbocycles. The van der Waals surface area contributed by atoms with Crippen molar-refractivity contribution in [3.8, 4) is 0 Å². The highest BCUT2D eigenvalue weighted by molar-refractivity contribution is 5.19. The molecular formula is C14H24N2O. The van der Waals surface area contributed by atoms with E-state index in [0.29, 0.717) is 5.92 Å². The van der Waals surface area contributed by atoms with Crippen molar-refractivity contribution >= 4 is 0 Å². The Morgan fingerprint density at radius 1 is 1.41 bits per heavy atom. The van der Waals surface area contributed by atoms with E-state index in [2.05, 4.69) is 37.1 Å². The summed E-state index contributed by atoms with van der Waals surface area (Å²) in [5.41, 5.74) is 2.47. The van der Waals surface area contributed by atoms with E-state index in [0.717, 1.165) is 38.4 Å².